The Morgan fingerprint density at radius 3 is 2.60 bits per heavy atom. The second kappa shape index (κ2) is 6.01. The number of anilines is 1. The Kier molecular flexibility index (Phi) is 4.35. The van der Waals surface area contributed by atoms with Gasteiger partial charge in [-0.05, 0) is 42.3 Å². The zero-order chi connectivity index (χ0) is 14.7. The van der Waals surface area contributed by atoms with Crippen molar-refractivity contribution in [1.82, 2.24) is 0 Å². The van der Waals surface area contributed by atoms with E-state index in [1.165, 1.54) is 17.7 Å². The number of para-hydroxylation sites is 1. The van der Waals surface area contributed by atoms with Crippen molar-refractivity contribution in [1.29, 1.82) is 0 Å². The van der Waals surface area contributed by atoms with Crippen LogP contribution >= 0.6 is 12.2 Å². The molecule has 20 heavy (non-hydrogen) atoms. The molecule has 2 N–H and O–H groups in total. The smallest absolute Gasteiger partial charge is 0.124 e. The van der Waals surface area contributed by atoms with E-state index in [1.54, 1.807) is 0 Å². The van der Waals surface area contributed by atoms with E-state index in [4.69, 9.17) is 18.0 Å². The monoisotopic (exact) mass is 288 g/mol. The van der Waals surface area contributed by atoms with Crippen molar-refractivity contribution in [2.75, 3.05) is 11.9 Å². The lowest BCUT2D eigenvalue weighted by atomic mass is 10.1. The van der Waals surface area contributed by atoms with Gasteiger partial charge in [-0.3, -0.25) is 0 Å². The fourth-order valence-electron chi connectivity index (χ4n) is 2.23. The van der Waals surface area contributed by atoms with Crippen molar-refractivity contribution in [2.24, 2.45) is 5.73 Å². The van der Waals surface area contributed by atoms with E-state index in [-0.39, 0.29) is 10.8 Å². The lowest BCUT2D eigenvalue weighted by molar-refractivity contribution is 0.624. The van der Waals surface area contributed by atoms with Crippen LogP contribution in [0.1, 0.15) is 16.7 Å². The Morgan fingerprint density at radius 2 is 1.95 bits per heavy atom. The van der Waals surface area contributed by atoms with E-state index in [0.29, 0.717) is 12.1 Å². The van der Waals surface area contributed by atoms with Crippen LogP contribution in [0.4, 0.5) is 10.1 Å². The first-order chi connectivity index (χ1) is 9.47. The molecule has 0 unspecified atom stereocenters. The van der Waals surface area contributed by atoms with Crippen molar-refractivity contribution in [3.05, 3.63) is 65.0 Å². The third-order valence-corrected chi connectivity index (χ3v) is 3.42. The van der Waals surface area contributed by atoms with Crippen LogP contribution in [0, 0.1) is 12.7 Å². The van der Waals surface area contributed by atoms with Crippen LogP contribution in [0.3, 0.4) is 0 Å². The highest BCUT2D eigenvalue weighted by Gasteiger charge is 2.08. The molecule has 104 valence electrons. The average molecular weight is 288 g/mol. The maximum absolute atomic E-state index is 13.6. The molecule has 0 radical (unpaired) electrons. The van der Waals surface area contributed by atoms with Gasteiger partial charge in [0.25, 0.3) is 0 Å². The van der Waals surface area contributed by atoms with Crippen LogP contribution in [0.2, 0.25) is 0 Å². The van der Waals surface area contributed by atoms with E-state index < -0.39 is 0 Å². The minimum absolute atomic E-state index is 0.212. The fraction of sp³-hybridized carbons (Fsp3) is 0.188. The Labute approximate surface area is 124 Å². The summed E-state index contributed by atoms with van der Waals surface area (Å²) in [5, 5.41) is 0. The summed E-state index contributed by atoms with van der Waals surface area (Å²) in [5.74, 6) is -0.316. The maximum atomic E-state index is 13.6. The Bertz CT molecular complexity index is 640. The van der Waals surface area contributed by atoms with Gasteiger partial charge in [0.2, 0.25) is 0 Å². The van der Waals surface area contributed by atoms with Gasteiger partial charge in [0.1, 0.15) is 10.8 Å². The second-order valence-electron chi connectivity index (χ2n) is 4.85. The van der Waals surface area contributed by atoms with Crippen LogP contribution in [-0.4, -0.2) is 12.0 Å². The van der Waals surface area contributed by atoms with Gasteiger partial charge >= 0.3 is 0 Å². The first kappa shape index (κ1) is 14.5. The van der Waals surface area contributed by atoms with Gasteiger partial charge in [-0.15, -0.1) is 0 Å². The van der Waals surface area contributed by atoms with Gasteiger partial charge < -0.3 is 10.6 Å². The summed E-state index contributed by atoms with van der Waals surface area (Å²) < 4.78 is 13.6. The molecule has 0 aliphatic heterocycles. The number of nitrogens with two attached hydrogens (primary N) is 1. The molecule has 0 saturated heterocycles. The van der Waals surface area contributed by atoms with Gasteiger partial charge in [-0.25, -0.2) is 4.39 Å². The van der Waals surface area contributed by atoms with Crippen molar-refractivity contribution >= 4 is 22.9 Å². The Hall–Kier alpha value is -1.94. The van der Waals surface area contributed by atoms with Gasteiger partial charge in [-0.1, -0.05) is 30.4 Å². The van der Waals surface area contributed by atoms with Crippen LogP contribution in [0.25, 0.3) is 0 Å². The maximum Gasteiger partial charge on any atom is 0.124 e. The van der Waals surface area contributed by atoms with Gasteiger partial charge in [0.05, 0.1) is 0 Å². The normalized spacial score (nSPS) is 10.3. The molecule has 0 bridgehead atoms. The number of benzene rings is 2. The first-order valence-corrected chi connectivity index (χ1v) is 6.74. The molecule has 0 atom stereocenters. The molecule has 0 aliphatic rings. The molecule has 0 aliphatic carbocycles. The van der Waals surface area contributed by atoms with Crippen LogP contribution < -0.4 is 10.6 Å². The topological polar surface area (TPSA) is 29.3 Å². The molecule has 4 heteroatoms. The molecule has 0 spiro atoms. The highest BCUT2D eigenvalue weighted by Crippen LogP contribution is 2.20. The summed E-state index contributed by atoms with van der Waals surface area (Å²) in [7, 11) is 1.98. The molecular formula is C16H17FN2S. The molecule has 0 aromatic heterocycles. The minimum atomic E-state index is -0.316. The molecule has 0 fully saturated rings. The summed E-state index contributed by atoms with van der Waals surface area (Å²) in [6.07, 6.45) is 0. The predicted octanol–water partition coefficient (Wildman–Crippen LogP) is 3.40. The summed E-state index contributed by atoms with van der Waals surface area (Å²) in [4.78, 5) is 2.29. The zero-order valence-electron chi connectivity index (χ0n) is 11.6. The standard InChI is InChI=1S/C16H17FN2S/c1-11-5-3-4-6-15(11)19(2)10-12-7-13(16(18)20)9-14(17)8-12/h3-9H,10H2,1-2H3,(H2,18,20). The Balaban J connectivity index is 2.26. The number of thiocarbonyl (C=S) groups is 1. The van der Waals surface area contributed by atoms with Crippen LogP contribution in [-0.2, 0) is 6.54 Å². The molecule has 2 aromatic rings. The average Bonchev–Trinajstić information content (AvgIpc) is 2.38. The number of halogens is 1. The van der Waals surface area contributed by atoms with Crippen LogP contribution in [0.5, 0.6) is 0 Å². The molecule has 2 nitrogen and oxygen atoms in total. The number of nitrogens with zero attached hydrogens (tertiary/aromatic N) is 1. The number of hydrogen-bond donors (Lipinski definition) is 1. The third kappa shape index (κ3) is 3.33. The molecule has 2 rings (SSSR count). The molecule has 0 amide bonds. The zero-order valence-corrected chi connectivity index (χ0v) is 12.4. The van der Waals surface area contributed by atoms with Crippen molar-refractivity contribution in [3.63, 3.8) is 0 Å². The summed E-state index contributed by atoms with van der Waals surface area (Å²) in [6, 6.07) is 12.8. The third-order valence-electron chi connectivity index (χ3n) is 3.19. The predicted molar refractivity (Wildman–Crippen MR) is 85.6 cm³/mol. The van der Waals surface area contributed by atoms with E-state index in [9.17, 15) is 4.39 Å². The second-order valence-corrected chi connectivity index (χ2v) is 5.29. The molecular weight excluding hydrogens is 271 g/mol. The molecule has 0 saturated carbocycles. The van der Waals surface area contributed by atoms with Gasteiger partial charge in [0.15, 0.2) is 0 Å². The number of hydrogen-bond acceptors (Lipinski definition) is 2. The lowest BCUT2D eigenvalue weighted by Gasteiger charge is -2.21. The summed E-state index contributed by atoms with van der Waals surface area (Å²) in [6.45, 7) is 2.65. The summed E-state index contributed by atoms with van der Waals surface area (Å²) >= 11 is 4.91. The van der Waals surface area contributed by atoms with Crippen molar-refractivity contribution in [3.8, 4) is 0 Å². The van der Waals surface area contributed by atoms with E-state index in [0.717, 1.165) is 11.3 Å². The van der Waals surface area contributed by atoms with Gasteiger partial charge in [0, 0.05) is 24.8 Å². The number of aryl methyl sites for hydroxylation is 1. The largest absolute Gasteiger partial charge is 0.389 e. The highest BCUT2D eigenvalue weighted by molar-refractivity contribution is 7.80. The quantitative estimate of drug-likeness (QED) is 0.874. The lowest BCUT2D eigenvalue weighted by Crippen LogP contribution is -2.18. The first-order valence-electron chi connectivity index (χ1n) is 6.33. The summed E-state index contributed by atoms with van der Waals surface area (Å²) in [5.41, 5.74) is 9.28. The van der Waals surface area contributed by atoms with Crippen molar-refractivity contribution in [2.45, 2.75) is 13.5 Å². The Morgan fingerprint density at radius 1 is 1.25 bits per heavy atom. The fourth-order valence-corrected chi connectivity index (χ4v) is 2.35. The van der Waals surface area contributed by atoms with E-state index in [1.807, 2.05) is 31.3 Å². The van der Waals surface area contributed by atoms with E-state index in [2.05, 4.69) is 17.9 Å². The minimum Gasteiger partial charge on any atom is -0.389 e. The molecule has 2 aromatic carbocycles. The molecule has 0 heterocycles. The SMILES string of the molecule is Cc1ccccc1N(C)Cc1cc(F)cc(C(N)=S)c1. The van der Waals surface area contributed by atoms with Crippen LogP contribution in [0.15, 0.2) is 42.5 Å². The van der Waals surface area contributed by atoms with E-state index >= 15 is 0 Å². The van der Waals surface area contributed by atoms with Gasteiger partial charge in [-0.2, -0.15) is 0 Å². The highest BCUT2D eigenvalue weighted by atomic mass is 32.1. The number of rotatable bonds is 4. The van der Waals surface area contributed by atoms with Crippen molar-refractivity contribution < 1.29 is 4.39 Å².